The number of nitrogens with zero attached hydrogens (tertiary/aromatic N) is 1. The van der Waals surface area contributed by atoms with Crippen LogP contribution in [-0.2, 0) is 42.2 Å². The molecule has 2 amide bonds. The molecule has 8 heteroatoms. The number of urea groups is 1. The van der Waals surface area contributed by atoms with E-state index in [0.717, 1.165) is 0 Å². The number of Topliss-reactive ketones (excluding diaryl/α,β-unsaturated/α-hetero) is 1. The number of rotatable bonds is 8. The summed E-state index contributed by atoms with van der Waals surface area (Å²) in [5.41, 5.74) is 0. The molecule has 137 valence electrons. The van der Waals surface area contributed by atoms with E-state index in [9.17, 15) is 18.4 Å². The number of ketones is 1. The monoisotopic (exact) mass is 422 g/mol. The van der Waals surface area contributed by atoms with Gasteiger partial charge in [0.1, 0.15) is 5.78 Å². The van der Waals surface area contributed by atoms with Crippen LogP contribution in [0, 0.1) is 6.42 Å². The van der Waals surface area contributed by atoms with Crippen molar-refractivity contribution in [3.8, 4) is 0 Å². The predicted molar refractivity (Wildman–Crippen MR) is 83.4 cm³/mol. The van der Waals surface area contributed by atoms with Gasteiger partial charge in [0.15, 0.2) is 0 Å². The number of amides is 2. The van der Waals surface area contributed by atoms with Crippen LogP contribution in [0.2, 0.25) is 0 Å². The van der Waals surface area contributed by atoms with Gasteiger partial charge in [-0.15, -0.1) is 6.42 Å². The molecule has 0 spiro atoms. The van der Waals surface area contributed by atoms with Gasteiger partial charge in [0.05, 0.1) is 12.6 Å². The van der Waals surface area contributed by atoms with Crippen molar-refractivity contribution >= 4 is 11.8 Å². The number of hydrogen-bond acceptors (Lipinski definition) is 3. The molecule has 1 saturated heterocycles. The van der Waals surface area contributed by atoms with Crippen molar-refractivity contribution in [1.82, 2.24) is 10.2 Å². The molecule has 1 fully saturated rings. The summed E-state index contributed by atoms with van der Waals surface area (Å²) in [6.07, 6.45) is 1.76. The summed E-state index contributed by atoms with van der Waals surface area (Å²) in [6.45, 7) is 5.25. The molecule has 0 saturated carbocycles. The Morgan fingerprint density at radius 3 is 2.67 bits per heavy atom. The van der Waals surface area contributed by atoms with Crippen molar-refractivity contribution in [3.05, 3.63) is 6.42 Å². The first-order valence-electron chi connectivity index (χ1n) is 8.21. The van der Waals surface area contributed by atoms with Gasteiger partial charge in [0, 0.05) is 65.2 Å². The minimum absolute atomic E-state index is 0. The quantitative estimate of drug-likeness (QED) is 0.613. The molecular formula is C16H27F2N2O3Y-. The van der Waals surface area contributed by atoms with E-state index < -0.39 is 24.4 Å². The van der Waals surface area contributed by atoms with Crippen molar-refractivity contribution < 1.29 is 55.8 Å². The van der Waals surface area contributed by atoms with Gasteiger partial charge in [0.25, 0.3) is 5.92 Å². The molecule has 0 aromatic heterocycles. The smallest absolute Gasteiger partial charge is 0.318 e. The molecule has 1 radical (unpaired) electrons. The Morgan fingerprint density at radius 1 is 1.33 bits per heavy atom. The summed E-state index contributed by atoms with van der Waals surface area (Å²) >= 11 is 0. The number of hydrogen-bond donors (Lipinski definition) is 1. The Kier molecular flexibility index (Phi) is 12.2. The van der Waals surface area contributed by atoms with Crippen LogP contribution in [0.5, 0.6) is 0 Å². The first-order valence-corrected chi connectivity index (χ1v) is 8.21. The van der Waals surface area contributed by atoms with Crippen molar-refractivity contribution in [2.75, 3.05) is 26.3 Å². The van der Waals surface area contributed by atoms with E-state index in [0.29, 0.717) is 39.1 Å². The molecule has 0 unspecified atom stereocenters. The second-order valence-electron chi connectivity index (χ2n) is 5.84. The first kappa shape index (κ1) is 23.9. The molecule has 0 aromatic carbocycles. The number of nitrogens with one attached hydrogen (secondary N) is 1. The fourth-order valence-electron chi connectivity index (χ4n) is 2.54. The SMILES string of the molecule is C[CH-]CC(=O)[C@H](CC(F)(F)CCC)NC(=O)N1CCCOCC1.[Y]. The molecule has 1 N–H and O–H groups in total. The van der Waals surface area contributed by atoms with Crippen LogP contribution >= 0.6 is 0 Å². The summed E-state index contributed by atoms with van der Waals surface area (Å²) in [6, 6.07) is -1.64. The van der Waals surface area contributed by atoms with Crippen LogP contribution in [0.3, 0.4) is 0 Å². The van der Waals surface area contributed by atoms with E-state index in [-0.39, 0.29) is 51.3 Å². The third-order valence-electron chi connectivity index (χ3n) is 3.72. The zero-order chi connectivity index (χ0) is 17.3. The zero-order valence-electron chi connectivity index (χ0n) is 14.5. The maximum absolute atomic E-state index is 13.9. The maximum Gasteiger partial charge on any atom is 0.318 e. The van der Waals surface area contributed by atoms with Gasteiger partial charge in [0.2, 0.25) is 0 Å². The number of carbonyl (C=O) groups is 2. The standard InChI is InChI=1S/C16H27F2N2O3.Y/c1-3-6-14(21)13(12-16(17,18)7-4-2)19-15(22)20-8-5-10-23-11-9-20;/h3,13H,4-12H2,1-2H3,(H,19,22);/q-1;/t13-;/m0./s1. The molecular weight excluding hydrogens is 395 g/mol. The van der Waals surface area contributed by atoms with Gasteiger partial charge < -0.3 is 26.2 Å². The van der Waals surface area contributed by atoms with Crippen LogP contribution in [0.4, 0.5) is 13.6 Å². The van der Waals surface area contributed by atoms with E-state index >= 15 is 0 Å². The van der Waals surface area contributed by atoms with Crippen molar-refractivity contribution in [1.29, 1.82) is 0 Å². The molecule has 1 heterocycles. The third-order valence-corrected chi connectivity index (χ3v) is 3.72. The Hall–Kier alpha value is -0.136. The Bertz CT molecular complexity index is 390. The Labute approximate surface area is 168 Å². The molecule has 0 aromatic rings. The van der Waals surface area contributed by atoms with Crippen LogP contribution in [0.15, 0.2) is 0 Å². The minimum atomic E-state index is -2.96. The van der Waals surface area contributed by atoms with Gasteiger partial charge in [-0.2, -0.15) is 6.92 Å². The predicted octanol–water partition coefficient (Wildman–Crippen LogP) is 2.79. The van der Waals surface area contributed by atoms with Gasteiger partial charge in [-0.05, 0) is 6.42 Å². The molecule has 5 nitrogen and oxygen atoms in total. The molecule has 1 aliphatic rings. The van der Waals surface area contributed by atoms with Crippen LogP contribution in [0.25, 0.3) is 0 Å². The van der Waals surface area contributed by atoms with Crippen LogP contribution in [-0.4, -0.2) is 55.0 Å². The second-order valence-corrected chi connectivity index (χ2v) is 5.84. The number of alkyl halides is 2. The molecule has 1 atom stereocenters. The zero-order valence-corrected chi connectivity index (χ0v) is 17.4. The summed E-state index contributed by atoms with van der Waals surface area (Å²) in [5, 5.41) is 2.50. The maximum atomic E-state index is 13.9. The number of halogens is 2. The van der Waals surface area contributed by atoms with E-state index in [1.54, 1.807) is 20.3 Å². The summed E-state index contributed by atoms with van der Waals surface area (Å²) < 4.78 is 33.0. The second kappa shape index (κ2) is 12.3. The summed E-state index contributed by atoms with van der Waals surface area (Å²) in [7, 11) is 0. The number of ether oxygens (including phenoxy) is 1. The fraction of sp³-hybridized carbons (Fsp3) is 0.812. The average molecular weight is 422 g/mol. The molecule has 24 heavy (non-hydrogen) atoms. The van der Waals surface area contributed by atoms with Gasteiger partial charge in [-0.1, -0.05) is 13.3 Å². The van der Waals surface area contributed by atoms with Crippen molar-refractivity contribution in [3.63, 3.8) is 0 Å². The van der Waals surface area contributed by atoms with Crippen molar-refractivity contribution in [2.24, 2.45) is 0 Å². The van der Waals surface area contributed by atoms with E-state index in [2.05, 4.69) is 5.32 Å². The van der Waals surface area contributed by atoms with Crippen LogP contribution in [0.1, 0.15) is 46.0 Å². The molecule has 1 rings (SSSR count). The van der Waals surface area contributed by atoms with Crippen LogP contribution < -0.4 is 5.32 Å². The minimum Gasteiger partial charge on any atom is -0.380 e. The molecule has 0 bridgehead atoms. The average Bonchev–Trinajstić information content (AvgIpc) is 2.75. The topological polar surface area (TPSA) is 58.6 Å². The first-order chi connectivity index (χ1) is 10.9. The molecule has 1 aliphatic heterocycles. The molecule has 0 aliphatic carbocycles. The van der Waals surface area contributed by atoms with E-state index in [1.807, 2.05) is 0 Å². The normalized spacial score (nSPS) is 16.8. The van der Waals surface area contributed by atoms with Crippen molar-refractivity contribution in [2.45, 2.75) is 57.9 Å². The van der Waals surface area contributed by atoms with Gasteiger partial charge >= 0.3 is 6.03 Å². The van der Waals surface area contributed by atoms with Gasteiger partial charge in [-0.25, -0.2) is 13.6 Å². The fourth-order valence-corrected chi connectivity index (χ4v) is 2.54. The summed E-state index contributed by atoms with van der Waals surface area (Å²) in [4.78, 5) is 25.9. The van der Waals surface area contributed by atoms with E-state index in [1.165, 1.54) is 4.90 Å². The Balaban J connectivity index is 0.00000529. The van der Waals surface area contributed by atoms with E-state index in [4.69, 9.17) is 4.74 Å². The van der Waals surface area contributed by atoms with Gasteiger partial charge in [-0.3, -0.25) is 0 Å². The Morgan fingerprint density at radius 2 is 2.04 bits per heavy atom. The number of carbonyl (C=O) groups excluding carboxylic acids is 2. The largest absolute Gasteiger partial charge is 0.380 e. The third kappa shape index (κ3) is 8.81. The summed E-state index contributed by atoms with van der Waals surface area (Å²) in [5.74, 6) is -3.35.